The zero-order valence-electron chi connectivity index (χ0n) is 21.4. The van der Waals surface area contributed by atoms with Gasteiger partial charge < -0.3 is 20.9 Å². The predicted molar refractivity (Wildman–Crippen MR) is 141 cm³/mol. The van der Waals surface area contributed by atoms with Crippen molar-refractivity contribution in [3.8, 4) is 11.1 Å². The first-order valence-electron chi connectivity index (χ1n) is 12.4. The van der Waals surface area contributed by atoms with Crippen LogP contribution in [0.15, 0.2) is 66.7 Å². The van der Waals surface area contributed by atoms with Gasteiger partial charge >= 0.3 is 12.2 Å². The van der Waals surface area contributed by atoms with Crippen LogP contribution in [0.4, 0.5) is 23.7 Å². The number of benzene rings is 3. The molecule has 0 spiro atoms. The fourth-order valence-electron chi connectivity index (χ4n) is 4.76. The second kappa shape index (κ2) is 11.2. The summed E-state index contributed by atoms with van der Waals surface area (Å²) in [7, 11) is 3.86. The average molecular weight is 525 g/mol. The Hall–Kier alpha value is -4.01. The number of nitrogens with two attached hydrogens (primary N) is 1. The van der Waals surface area contributed by atoms with E-state index in [1.807, 2.05) is 61.5 Å². The lowest BCUT2D eigenvalue weighted by Gasteiger charge is -2.32. The number of carbonyl (C=O) groups excluding carboxylic acids is 2. The Balaban J connectivity index is 1.52. The van der Waals surface area contributed by atoms with Crippen LogP contribution in [-0.2, 0) is 23.9 Å². The zero-order valence-corrected chi connectivity index (χ0v) is 21.4. The van der Waals surface area contributed by atoms with Gasteiger partial charge in [-0.15, -0.1) is 0 Å². The molecule has 9 heteroatoms. The van der Waals surface area contributed by atoms with Gasteiger partial charge in [0.05, 0.1) is 11.6 Å². The van der Waals surface area contributed by atoms with Gasteiger partial charge in [0.15, 0.2) is 0 Å². The highest BCUT2D eigenvalue weighted by atomic mass is 19.4. The first-order valence-corrected chi connectivity index (χ1v) is 12.4. The largest absolute Gasteiger partial charge is 0.416 e. The van der Waals surface area contributed by atoms with Crippen molar-refractivity contribution in [2.45, 2.75) is 38.0 Å². The number of primary amides is 1. The molecule has 1 atom stereocenters. The Morgan fingerprint density at radius 2 is 1.76 bits per heavy atom. The van der Waals surface area contributed by atoms with Crippen LogP contribution in [-0.4, -0.2) is 37.5 Å². The van der Waals surface area contributed by atoms with E-state index < -0.39 is 23.7 Å². The average Bonchev–Trinajstić information content (AvgIpc) is 2.89. The molecule has 0 saturated heterocycles. The molecular weight excluding hydrogens is 493 g/mol. The Labute approximate surface area is 220 Å². The fraction of sp³-hybridized carbons (Fsp3) is 0.310. The van der Waals surface area contributed by atoms with E-state index in [0.29, 0.717) is 31.5 Å². The summed E-state index contributed by atoms with van der Waals surface area (Å²) >= 11 is 0. The molecule has 4 rings (SSSR count). The van der Waals surface area contributed by atoms with Crippen molar-refractivity contribution in [2.75, 3.05) is 25.5 Å². The predicted octanol–water partition coefficient (Wildman–Crippen LogP) is 5.51. The third kappa shape index (κ3) is 6.27. The van der Waals surface area contributed by atoms with E-state index >= 15 is 0 Å². The summed E-state index contributed by atoms with van der Waals surface area (Å²) in [4.78, 5) is 28.5. The lowest BCUT2D eigenvalue weighted by Crippen LogP contribution is -2.44. The molecule has 1 heterocycles. The molecule has 1 aliphatic rings. The Morgan fingerprint density at radius 1 is 1.05 bits per heavy atom. The molecule has 38 heavy (non-hydrogen) atoms. The molecule has 0 aromatic heterocycles. The molecule has 3 N–H and O–H groups in total. The van der Waals surface area contributed by atoms with Gasteiger partial charge in [-0.2, -0.15) is 13.2 Å². The number of alkyl halides is 3. The van der Waals surface area contributed by atoms with E-state index in [9.17, 15) is 22.8 Å². The standard InChI is InChI=1S/C29H31F3N4O2/c1-35(2)23-7-3-5-20(17-23)26(13-14-27(33)37)34-28(38)36-16-15-25-21(18-36)6-4-8-24(25)19-9-11-22(12-10-19)29(30,31)32/h3-12,17,26H,13-16,18H2,1-2H3,(H2,33,37)(H,34,38)/t26-/m0/s1. The van der Waals surface area contributed by atoms with Gasteiger partial charge in [0.25, 0.3) is 0 Å². The van der Waals surface area contributed by atoms with Crippen LogP contribution in [0, 0.1) is 0 Å². The normalized spacial score (nSPS) is 14.0. The van der Waals surface area contributed by atoms with Crippen LogP contribution < -0.4 is 16.0 Å². The van der Waals surface area contributed by atoms with E-state index in [4.69, 9.17) is 5.73 Å². The molecule has 3 aromatic rings. The molecule has 0 radical (unpaired) electrons. The zero-order chi connectivity index (χ0) is 27.4. The summed E-state index contributed by atoms with van der Waals surface area (Å²) in [5.74, 6) is -0.435. The van der Waals surface area contributed by atoms with Crippen LogP contribution in [0.3, 0.4) is 0 Å². The molecular formula is C29H31F3N4O2. The van der Waals surface area contributed by atoms with Gasteiger partial charge in [-0.3, -0.25) is 4.79 Å². The van der Waals surface area contributed by atoms with Crippen molar-refractivity contribution in [3.63, 3.8) is 0 Å². The number of carbonyl (C=O) groups is 2. The van der Waals surface area contributed by atoms with Gasteiger partial charge in [-0.25, -0.2) is 4.79 Å². The van der Waals surface area contributed by atoms with Crippen molar-refractivity contribution >= 4 is 17.6 Å². The molecule has 0 fully saturated rings. The van der Waals surface area contributed by atoms with E-state index in [-0.39, 0.29) is 12.5 Å². The van der Waals surface area contributed by atoms with E-state index in [0.717, 1.165) is 40.1 Å². The number of halogens is 3. The van der Waals surface area contributed by atoms with E-state index in [2.05, 4.69) is 5.32 Å². The molecule has 0 aliphatic carbocycles. The smallest absolute Gasteiger partial charge is 0.378 e. The highest BCUT2D eigenvalue weighted by molar-refractivity contribution is 5.77. The van der Waals surface area contributed by atoms with Crippen molar-refractivity contribution in [2.24, 2.45) is 5.73 Å². The first kappa shape index (κ1) is 27.0. The molecule has 1 aliphatic heterocycles. The summed E-state index contributed by atoms with van der Waals surface area (Å²) in [6, 6.07) is 18.0. The number of hydrogen-bond acceptors (Lipinski definition) is 3. The minimum Gasteiger partial charge on any atom is -0.378 e. The third-order valence-electron chi connectivity index (χ3n) is 6.84. The van der Waals surface area contributed by atoms with Gasteiger partial charge in [0, 0.05) is 39.3 Å². The van der Waals surface area contributed by atoms with E-state index in [1.54, 1.807) is 4.90 Å². The number of nitrogens with one attached hydrogen (secondary N) is 1. The maximum Gasteiger partial charge on any atom is 0.416 e. The topological polar surface area (TPSA) is 78.7 Å². The van der Waals surface area contributed by atoms with Crippen LogP contribution in [0.1, 0.15) is 41.1 Å². The maximum absolute atomic E-state index is 13.3. The van der Waals surface area contributed by atoms with Gasteiger partial charge in [0.1, 0.15) is 0 Å². The third-order valence-corrected chi connectivity index (χ3v) is 6.84. The summed E-state index contributed by atoms with van der Waals surface area (Å²) in [5.41, 5.74) is 10.1. The molecule has 200 valence electrons. The van der Waals surface area contributed by atoms with Crippen LogP contribution in [0.25, 0.3) is 11.1 Å². The molecule has 3 aromatic carbocycles. The molecule has 0 bridgehead atoms. The minimum atomic E-state index is -4.38. The molecule has 0 saturated carbocycles. The lowest BCUT2D eigenvalue weighted by atomic mass is 9.90. The van der Waals surface area contributed by atoms with Crippen molar-refractivity contribution in [1.82, 2.24) is 10.2 Å². The van der Waals surface area contributed by atoms with Crippen molar-refractivity contribution in [1.29, 1.82) is 0 Å². The summed E-state index contributed by atoms with van der Waals surface area (Å²) in [6.07, 6.45) is -3.30. The monoisotopic (exact) mass is 524 g/mol. The van der Waals surface area contributed by atoms with Crippen LogP contribution >= 0.6 is 0 Å². The number of amides is 3. The molecule has 6 nitrogen and oxygen atoms in total. The fourth-order valence-corrected chi connectivity index (χ4v) is 4.76. The summed E-state index contributed by atoms with van der Waals surface area (Å²) in [6.45, 7) is 0.826. The number of fused-ring (bicyclic) bond motifs is 1. The second-order valence-corrected chi connectivity index (χ2v) is 9.69. The first-order chi connectivity index (χ1) is 18.0. The van der Waals surface area contributed by atoms with Crippen LogP contribution in [0.2, 0.25) is 0 Å². The maximum atomic E-state index is 13.3. The van der Waals surface area contributed by atoms with Crippen molar-refractivity contribution in [3.05, 3.63) is 89.0 Å². The summed E-state index contributed by atoms with van der Waals surface area (Å²) in [5, 5.41) is 3.08. The minimum absolute atomic E-state index is 0.135. The quantitative estimate of drug-likeness (QED) is 0.428. The SMILES string of the molecule is CN(C)c1cccc([C@H](CCC(N)=O)NC(=O)N2CCc3c(cccc3-c3ccc(C(F)(F)F)cc3)C2)c1. The number of rotatable bonds is 7. The summed E-state index contributed by atoms with van der Waals surface area (Å²) < 4.78 is 39.0. The van der Waals surface area contributed by atoms with Gasteiger partial charge in [-0.05, 0) is 64.9 Å². The lowest BCUT2D eigenvalue weighted by molar-refractivity contribution is -0.137. The van der Waals surface area contributed by atoms with Crippen molar-refractivity contribution < 1.29 is 22.8 Å². The Morgan fingerprint density at radius 3 is 2.42 bits per heavy atom. The Bertz CT molecular complexity index is 1310. The number of hydrogen-bond donors (Lipinski definition) is 2. The second-order valence-electron chi connectivity index (χ2n) is 9.69. The highest BCUT2D eigenvalue weighted by Gasteiger charge is 2.30. The van der Waals surface area contributed by atoms with Gasteiger partial charge in [-0.1, -0.05) is 42.5 Å². The number of anilines is 1. The molecule has 3 amide bonds. The molecule has 0 unspecified atom stereocenters. The van der Waals surface area contributed by atoms with Gasteiger partial charge in [0.2, 0.25) is 5.91 Å². The Kier molecular flexibility index (Phi) is 7.94. The van der Waals surface area contributed by atoms with Crippen LogP contribution in [0.5, 0.6) is 0 Å². The number of urea groups is 1. The highest BCUT2D eigenvalue weighted by Crippen LogP contribution is 2.34. The van der Waals surface area contributed by atoms with E-state index in [1.165, 1.54) is 12.1 Å². The number of nitrogens with zero attached hydrogens (tertiary/aromatic N) is 2.